The van der Waals surface area contributed by atoms with Gasteiger partial charge in [-0.2, -0.15) is 0 Å². The van der Waals surface area contributed by atoms with Crippen LogP contribution in [0.1, 0.15) is 16.8 Å². The maximum atomic E-state index is 12.1. The molecule has 0 aromatic heterocycles. The number of Topliss-reactive ketones (excluding diaryl/α,β-unsaturated/α-hetero) is 1. The van der Waals surface area contributed by atoms with Crippen LogP contribution in [0, 0.1) is 5.92 Å². The quantitative estimate of drug-likeness (QED) is 0.801. The highest BCUT2D eigenvalue weighted by molar-refractivity contribution is 9.10. The van der Waals surface area contributed by atoms with Gasteiger partial charge in [0.15, 0.2) is 5.78 Å². The van der Waals surface area contributed by atoms with Crippen LogP contribution in [0.3, 0.4) is 0 Å². The summed E-state index contributed by atoms with van der Waals surface area (Å²) in [6, 6.07) is 5.40. The van der Waals surface area contributed by atoms with Gasteiger partial charge in [0.05, 0.1) is 13.7 Å². The van der Waals surface area contributed by atoms with Crippen LogP contribution in [0.25, 0.3) is 0 Å². The summed E-state index contributed by atoms with van der Waals surface area (Å²) in [5.74, 6) is 0.891. The van der Waals surface area contributed by atoms with E-state index in [1.54, 1.807) is 19.2 Å². The molecule has 2 rings (SSSR count). The number of hydrogen-bond donors (Lipinski definition) is 0. The zero-order valence-corrected chi connectivity index (χ0v) is 10.6. The van der Waals surface area contributed by atoms with E-state index in [4.69, 9.17) is 9.47 Å². The van der Waals surface area contributed by atoms with Gasteiger partial charge in [0, 0.05) is 22.6 Å². The minimum absolute atomic E-state index is 0.00435. The Morgan fingerprint density at radius 1 is 1.56 bits per heavy atom. The third kappa shape index (κ3) is 2.28. The minimum atomic E-state index is 0.00435. The molecule has 16 heavy (non-hydrogen) atoms. The predicted octanol–water partition coefficient (Wildman–Crippen LogP) is 2.68. The molecular formula is C12H13BrO3. The van der Waals surface area contributed by atoms with Crippen molar-refractivity contribution in [2.24, 2.45) is 5.92 Å². The number of carbonyl (C=O) groups excluding carboxylic acids is 1. The van der Waals surface area contributed by atoms with Crippen LogP contribution < -0.4 is 4.74 Å². The monoisotopic (exact) mass is 284 g/mol. The van der Waals surface area contributed by atoms with E-state index in [0.717, 1.165) is 16.6 Å². The minimum Gasteiger partial charge on any atom is -0.497 e. The van der Waals surface area contributed by atoms with Gasteiger partial charge >= 0.3 is 0 Å². The fourth-order valence-corrected chi connectivity index (χ4v) is 2.34. The Morgan fingerprint density at radius 2 is 2.38 bits per heavy atom. The maximum absolute atomic E-state index is 12.1. The van der Waals surface area contributed by atoms with Crippen molar-refractivity contribution in [3.63, 3.8) is 0 Å². The summed E-state index contributed by atoms with van der Waals surface area (Å²) in [5.41, 5.74) is 0.705. The molecule has 1 unspecified atom stereocenters. The van der Waals surface area contributed by atoms with E-state index in [1.807, 2.05) is 6.07 Å². The molecule has 0 saturated carbocycles. The predicted molar refractivity (Wildman–Crippen MR) is 64.0 cm³/mol. The average Bonchev–Trinajstić information content (AvgIpc) is 2.81. The fourth-order valence-electron chi connectivity index (χ4n) is 1.78. The summed E-state index contributed by atoms with van der Waals surface area (Å²) in [4.78, 5) is 12.1. The number of ether oxygens (including phenoxy) is 2. The summed E-state index contributed by atoms with van der Waals surface area (Å²) in [6.07, 6.45) is 0.817. The molecule has 1 saturated heterocycles. The van der Waals surface area contributed by atoms with Gasteiger partial charge in [0.1, 0.15) is 5.75 Å². The number of rotatable bonds is 3. The van der Waals surface area contributed by atoms with Crippen molar-refractivity contribution in [1.82, 2.24) is 0 Å². The number of halogens is 1. The highest BCUT2D eigenvalue weighted by Gasteiger charge is 2.25. The van der Waals surface area contributed by atoms with Crippen LogP contribution >= 0.6 is 15.9 Å². The zero-order chi connectivity index (χ0) is 11.5. The fraction of sp³-hybridized carbons (Fsp3) is 0.417. The molecule has 0 bridgehead atoms. The van der Waals surface area contributed by atoms with Crippen molar-refractivity contribution in [3.8, 4) is 5.75 Å². The summed E-state index contributed by atoms with van der Waals surface area (Å²) in [5, 5.41) is 0. The maximum Gasteiger partial charge on any atom is 0.169 e. The molecule has 1 aliphatic heterocycles. The first kappa shape index (κ1) is 11.6. The molecular weight excluding hydrogens is 272 g/mol. The Labute approximate surface area is 103 Å². The van der Waals surface area contributed by atoms with Crippen molar-refractivity contribution < 1.29 is 14.3 Å². The molecule has 0 amide bonds. The van der Waals surface area contributed by atoms with Crippen LogP contribution in [-0.4, -0.2) is 26.1 Å². The second-order valence-corrected chi connectivity index (χ2v) is 4.62. The first-order valence-electron chi connectivity index (χ1n) is 5.18. The van der Waals surface area contributed by atoms with E-state index in [0.29, 0.717) is 18.8 Å². The van der Waals surface area contributed by atoms with E-state index in [1.165, 1.54) is 0 Å². The summed E-state index contributed by atoms with van der Waals surface area (Å²) in [6.45, 7) is 1.22. The second kappa shape index (κ2) is 4.97. The standard InChI is InChI=1S/C12H13BrO3/c1-15-9-2-3-10(11(13)6-9)12(14)8-4-5-16-7-8/h2-3,6,8H,4-5,7H2,1H3. The van der Waals surface area contributed by atoms with Crippen LogP contribution in [0.2, 0.25) is 0 Å². The Bertz CT molecular complexity index is 397. The lowest BCUT2D eigenvalue weighted by Gasteiger charge is -2.09. The Kier molecular flexibility index (Phi) is 3.61. The van der Waals surface area contributed by atoms with Gasteiger partial charge in [-0.3, -0.25) is 4.79 Å². The van der Waals surface area contributed by atoms with E-state index in [9.17, 15) is 4.79 Å². The highest BCUT2D eigenvalue weighted by Crippen LogP contribution is 2.27. The van der Waals surface area contributed by atoms with Crippen molar-refractivity contribution >= 4 is 21.7 Å². The highest BCUT2D eigenvalue weighted by atomic mass is 79.9. The van der Waals surface area contributed by atoms with Crippen molar-refractivity contribution in [3.05, 3.63) is 28.2 Å². The molecule has 1 aromatic rings. The lowest BCUT2D eigenvalue weighted by Crippen LogP contribution is -2.15. The largest absolute Gasteiger partial charge is 0.497 e. The molecule has 0 spiro atoms. The third-order valence-corrected chi connectivity index (χ3v) is 3.40. The number of hydrogen-bond acceptors (Lipinski definition) is 3. The smallest absolute Gasteiger partial charge is 0.169 e. The molecule has 1 heterocycles. The third-order valence-electron chi connectivity index (χ3n) is 2.74. The molecule has 4 heteroatoms. The zero-order valence-electron chi connectivity index (χ0n) is 9.03. The average molecular weight is 285 g/mol. The lowest BCUT2D eigenvalue weighted by atomic mass is 9.97. The summed E-state index contributed by atoms with van der Waals surface area (Å²) < 4.78 is 11.1. The second-order valence-electron chi connectivity index (χ2n) is 3.77. The molecule has 1 atom stereocenters. The SMILES string of the molecule is COc1ccc(C(=O)C2CCOC2)c(Br)c1. The summed E-state index contributed by atoms with van der Waals surface area (Å²) in [7, 11) is 1.61. The van der Waals surface area contributed by atoms with E-state index in [-0.39, 0.29) is 11.7 Å². The molecule has 1 fully saturated rings. The Balaban J connectivity index is 2.22. The van der Waals surface area contributed by atoms with Crippen LogP contribution in [0.4, 0.5) is 0 Å². The van der Waals surface area contributed by atoms with E-state index in [2.05, 4.69) is 15.9 Å². The first-order valence-corrected chi connectivity index (χ1v) is 5.97. The Hall–Kier alpha value is -0.870. The van der Waals surface area contributed by atoms with Gasteiger partial charge in [-0.1, -0.05) is 0 Å². The molecule has 0 N–H and O–H groups in total. The number of carbonyl (C=O) groups is 1. The van der Waals surface area contributed by atoms with Gasteiger partial charge < -0.3 is 9.47 Å². The van der Waals surface area contributed by atoms with Gasteiger partial charge in [0.2, 0.25) is 0 Å². The molecule has 0 aliphatic carbocycles. The first-order chi connectivity index (χ1) is 7.72. The number of ketones is 1. The van der Waals surface area contributed by atoms with Crippen LogP contribution in [0.15, 0.2) is 22.7 Å². The Morgan fingerprint density at radius 3 is 2.94 bits per heavy atom. The lowest BCUT2D eigenvalue weighted by molar-refractivity contribution is 0.0899. The van der Waals surface area contributed by atoms with Crippen LogP contribution in [0.5, 0.6) is 5.75 Å². The van der Waals surface area contributed by atoms with Crippen LogP contribution in [-0.2, 0) is 4.74 Å². The van der Waals surface area contributed by atoms with E-state index < -0.39 is 0 Å². The number of benzene rings is 1. The number of methoxy groups -OCH3 is 1. The topological polar surface area (TPSA) is 35.5 Å². The van der Waals surface area contributed by atoms with E-state index >= 15 is 0 Å². The van der Waals surface area contributed by atoms with Gasteiger partial charge in [-0.05, 0) is 40.5 Å². The van der Waals surface area contributed by atoms with Gasteiger partial charge in [-0.15, -0.1) is 0 Å². The van der Waals surface area contributed by atoms with Crippen molar-refractivity contribution in [1.29, 1.82) is 0 Å². The van der Waals surface area contributed by atoms with Gasteiger partial charge in [0.25, 0.3) is 0 Å². The normalized spacial score (nSPS) is 19.8. The molecule has 0 radical (unpaired) electrons. The molecule has 1 aliphatic rings. The van der Waals surface area contributed by atoms with Crippen molar-refractivity contribution in [2.45, 2.75) is 6.42 Å². The molecule has 1 aromatic carbocycles. The van der Waals surface area contributed by atoms with Crippen molar-refractivity contribution in [2.75, 3.05) is 20.3 Å². The molecule has 86 valence electrons. The summed E-state index contributed by atoms with van der Waals surface area (Å²) >= 11 is 3.39. The van der Waals surface area contributed by atoms with Gasteiger partial charge in [-0.25, -0.2) is 0 Å². The molecule has 3 nitrogen and oxygen atoms in total.